The SMILES string of the molecule is O=C(O)C1C=NC=CS1. The van der Waals surface area contributed by atoms with Crippen LogP contribution < -0.4 is 0 Å². The second-order valence-corrected chi connectivity index (χ2v) is 2.53. The Hall–Kier alpha value is -0.770. The maximum absolute atomic E-state index is 10.2. The maximum atomic E-state index is 10.2. The van der Waals surface area contributed by atoms with Crippen molar-refractivity contribution in [3.8, 4) is 0 Å². The van der Waals surface area contributed by atoms with Crippen LogP contribution in [0.15, 0.2) is 16.6 Å². The quantitative estimate of drug-likeness (QED) is 0.588. The number of aliphatic carboxylic acids is 1. The maximum Gasteiger partial charge on any atom is 0.322 e. The van der Waals surface area contributed by atoms with Crippen LogP contribution in [0, 0.1) is 0 Å². The summed E-state index contributed by atoms with van der Waals surface area (Å²) in [5.74, 6) is -0.840. The van der Waals surface area contributed by atoms with E-state index in [0.717, 1.165) is 0 Å². The molecule has 0 aliphatic carbocycles. The first-order valence-corrected chi connectivity index (χ1v) is 3.31. The van der Waals surface area contributed by atoms with Crippen molar-refractivity contribution in [1.82, 2.24) is 0 Å². The Morgan fingerprint density at radius 1 is 1.78 bits per heavy atom. The molecule has 1 rings (SSSR count). The van der Waals surface area contributed by atoms with Crippen molar-refractivity contribution in [1.29, 1.82) is 0 Å². The molecule has 48 valence electrons. The van der Waals surface area contributed by atoms with Gasteiger partial charge in [-0.15, -0.1) is 11.8 Å². The normalized spacial score (nSPS) is 24.2. The van der Waals surface area contributed by atoms with Crippen molar-refractivity contribution < 1.29 is 9.90 Å². The highest BCUT2D eigenvalue weighted by molar-refractivity contribution is 8.04. The summed E-state index contributed by atoms with van der Waals surface area (Å²) in [6.07, 6.45) is 2.98. The molecule has 1 atom stereocenters. The molecular formula is C5H5NO2S. The molecule has 4 heteroatoms. The molecule has 0 aromatic heterocycles. The van der Waals surface area contributed by atoms with E-state index < -0.39 is 11.2 Å². The van der Waals surface area contributed by atoms with Crippen LogP contribution in [0.25, 0.3) is 0 Å². The van der Waals surface area contributed by atoms with E-state index in [0.29, 0.717) is 0 Å². The summed E-state index contributed by atoms with van der Waals surface area (Å²) >= 11 is 1.24. The number of hydrogen-bond acceptors (Lipinski definition) is 3. The number of thioether (sulfide) groups is 1. The number of hydrogen-bond donors (Lipinski definition) is 1. The molecule has 9 heavy (non-hydrogen) atoms. The largest absolute Gasteiger partial charge is 0.480 e. The second kappa shape index (κ2) is 2.68. The Morgan fingerprint density at radius 3 is 2.89 bits per heavy atom. The van der Waals surface area contributed by atoms with Crippen LogP contribution >= 0.6 is 11.8 Å². The van der Waals surface area contributed by atoms with Crippen LogP contribution in [0.5, 0.6) is 0 Å². The molecule has 1 aliphatic heterocycles. The second-order valence-electron chi connectivity index (χ2n) is 1.48. The van der Waals surface area contributed by atoms with E-state index in [-0.39, 0.29) is 0 Å². The van der Waals surface area contributed by atoms with Crippen LogP contribution in [0.1, 0.15) is 0 Å². The van der Waals surface area contributed by atoms with Crippen molar-refractivity contribution in [3.05, 3.63) is 11.6 Å². The fraction of sp³-hybridized carbons (Fsp3) is 0.200. The van der Waals surface area contributed by atoms with Gasteiger partial charge in [0.05, 0.1) is 0 Å². The molecular weight excluding hydrogens is 138 g/mol. The van der Waals surface area contributed by atoms with Gasteiger partial charge in [-0.2, -0.15) is 0 Å². The number of carbonyl (C=O) groups is 1. The van der Waals surface area contributed by atoms with E-state index in [1.54, 1.807) is 11.6 Å². The Morgan fingerprint density at radius 2 is 2.56 bits per heavy atom. The molecule has 0 aromatic carbocycles. The minimum absolute atomic E-state index is 0.491. The third-order valence-corrected chi connectivity index (χ3v) is 1.73. The molecule has 3 nitrogen and oxygen atoms in total. The Balaban J connectivity index is 2.56. The monoisotopic (exact) mass is 143 g/mol. The van der Waals surface area contributed by atoms with Crippen molar-refractivity contribution in [3.63, 3.8) is 0 Å². The summed E-state index contributed by atoms with van der Waals surface area (Å²) in [6, 6.07) is 0. The zero-order valence-electron chi connectivity index (χ0n) is 4.52. The lowest BCUT2D eigenvalue weighted by molar-refractivity contribution is -0.135. The molecule has 0 saturated heterocycles. The Kier molecular flexibility index (Phi) is 1.89. The van der Waals surface area contributed by atoms with Crippen molar-refractivity contribution in [2.75, 3.05) is 0 Å². The fourth-order valence-electron chi connectivity index (χ4n) is 0.440. The molecule has 0 amide bonds. The molecule has 1 heterocycles. The van der Waals surface area contributed by atoms with Gasteiger partial charge in [0.25, 0.3) is 0 Å². The van der Waals surface area contributed by atoms with Crippen molar-refractivity contribution in [2.24, 2.45) is 4.99 Å². The molecule has 0 spiro atoms. The van der Waals surface area contributed by atoms with E-state index in [1.165, 1.54) is 18.0 Å². The zero-order valence-corrected chi connectivity index (χ0v) is 5.34. The molecule has 0 aromatic rings. The lowest BCUT2D eigenvalue weighted by Crippen LogP contribution is -2.17. The van der Waals surface area contributed by atoms with Crippen LogP contribution in [0.4, 0.5) is 0 Å². The predicted octanol–water partition coefficient (Wildman–Crippen LogP) is 0.728. The Labute approximate surface area is 56.5 Å². The minimum Gasteiger partial charge on any atom is -0.480 e. The van der Waals surface area contributed by atoms with Gasteiger partial charge in [0, 0.05) is 12.4 Å². The summed E-state index contributed by atoms with van der Waals surface area (Å²) in [6.45, 7) is 0. The highest BCUT2D eigenvalue weighted by Crippen LogP contribution is 2.13. The van der Waals surface area contributed by atoms with Gasteiger partial charge in [0.2, 0.25) is 0 Å². The van der Waals surface area contributed by atoms with Crippen LogP contribution in [-0.4, -0.2) is 22.5 Å². The van der Waals surface area contributed by atoms with Gasteiger partial charge < -0.3 is 5.11 Å². The van der Waals surface area contributed by atoms with Crippen LogP contribution in [0.2, 0.25) is 0 Å². The topological polar surface area (TPSA) is 49.7 Å². The van der Waals surface area contributed by atoms with E-state index >= 15 is 0 Å². The minimum atomic E-state index is -0.840. The molecule has 0 saturated carbocycles. The van der Waals surface area contributed by atoms with Gasteiger partial charge in [0.15, 0.2) is 0 Å². The standard InChI is InChI=1S/C5H5NO2S/c7-5(8)4-3-6-1-2-9-4/h1-4H,(H,7,8). The summed E-state index contributed by atoms with van der Waals surface area (Å²) in [7, 11) is 0. The van der Waals surface area contributed by atoms with Gasteiger partial charge in [-0.25, -0.2) is 0 Å². The third-order valence-electron chi connectivity index (χ3n) is 0.837. The lowest BCUT2D eigenvalue weighted by Gasteiger charge is -2.03. The molecule has 0 radical (unpaired) electrons. The number of carboxylic acid groups (broad SMARTS) is 1. The Bertz CT molecular complexity index is 176. The molecule has 1 unspecified atom stereocenters. The number of nitrogens with zero attached hydrogens (tertiary/aromatic N) is 1. The van der Waals surface area contributed by atoms with Gasteiger partial charge in [-0.1, -0.05) is 0 Å². The van der Waals surface area contributed by atoms with E-state index in [1.807, 2.05) is 0 Å². The first kappa shape index (κ1) is 6.35. The van der Waals surface area contributed by atoms with E-state index in [4.69, 9.17) is 5.11 Å². The summed E-state index contributed by atoms with van der Waals surface area (Å²) in [4.78, 5) is 13.9. The van der Waals surface area contributed by atoms with Crippen molar-refractivity contribution >= 4 is 23.9 Å². The fourth-order valence-corrected chi connectivity index (χ4v) is 1.01. The molecule has 0 bridgehead atoms. The molecule has 1 N–H and O–H groups in total. The third kappa shape index (κ3) is 1.57. The lowest BCUT2D eigenvalue weighted by atomic mass is 10.5. The van der Waals surface area contributed by atoms with Crippen LogP contribution in [0.3, 0.4) is 0 Å². The number of rotatable bonds is 1. The first-order chi connectivity index (χ1) is 4.30. The van der Waals surface area contributed by atoms with Crippen molar-refractivity contribution in [2.45, 2.75) is 5.25 Å². The number of aliphatic imine (C=N–C) groups is 1. The van der Waals surface area contributed by atoms with Crippen LogP contribution in [-0.2, 0) is 4.79 Å². The van der Waals surface area contributed by atoms with E-state index in [2.05, 4.69) is 4.99 Å². The van der Waals surface area contributed by atoms with Gasteiger partial charge in [0.1, 0.15) is 5.25 Å². The van der Waals surface area contributed by atoms with Gasteiger partial charge >= 0.3 is 5.97 Å². The average Bonchev–Trinajstić information content (AvgIpc) is 1.90. The van der Waals surface area contributed by atoms with Gasteiger partial charge in [-0.3, -0.25) is 9.79 Å². The smallest absolute Gasteiger partial charge is 0.322 e. The summed E-state index contributed by atoms with van der Waals surface area (Å²) < 4.78 is 0. The predicted molar refractivity (Wildman–Crippen MR) is 36.6 cm³/mol. The first-order valence-electron chi connectivity index (χ1n) is 2.37. The van der Waals surface area contributed by atoms with E-state index in [9.17, 15) is 4.79 Å². The summed E-state index contributed by atoms with van der Waals surface area (Å²) in [5, 5.41) is 9.57. The summed E-state index contributed by atoms with van der Waals surface area (Å²) in [5.41, 5.74) is 0. The average molecular weight is 143 g/mol. The highest BCUT2D eigenvalue weighted by Gasteiger charge is 2.14. The molecule has 0 fully saturated rings. The zero-order chi connectivity index (χ0) is 6.69. The molecule has 1 aliphatic rings. The van der Waals surface area contributed by atoms with Gasteiger partial charge in [-0.05, 0) is 5.41 Å². The number of carboxylic acids is 1. The highest BCUT2D eigenvalue weighted by atomic mass is 32.2.